The minimum absolute atomic E-state index is 0.118. The molecule has 2 aliphatic heterocycles. The van der Waals surface area contributed by atoms with Crippen molar-refractivity contribution in [1.82, 2.24) is 9.80 Å². The van der Waals surface area contributed by atoms with Crippen molar-refractivity contribution in [1.29, 1.82) is 0 Å². The molecule has 3 amide bonds. The van der Waals surface area contributed by atoms with E-state index in [0.29, 0.717) is 35.0 Å². The summed E-state index contributed by atoms with van der Waals surface area (Å²) >= 11 is 0. The number of ether oxygens (including phenoxy) is 3. The van der Waals surface area contributed by atoms with Crippen molar-refractivity contribution in [2.75, 3.05) is 57.8 Å². The Morgan fingerprint density at radius 2 is 1.94 bits per heavy atom. The number of nitrogens with one attached hydrogen (secondary N) is 1. The first-order valence-corrected chi connectivity index (χ1v) is 12.0. The molecule has 10 heteroatoms. The molecule has 2 N–H and O–H groups in total. The Hall–Kier alpha value is -3.66. The number of carbonyl (C=O) groups excluding carboxylic acids is 2. The van der Waals surface area contributed by atoms with Crippen LogP contribution in [0.15, 0.2) is 36.4 Å². The number of benzene rings is 2. The van der Waals surface area contributed by atoms with Crippen LogP contribution in [0.5, 0.6) is 17.2 Å². The number of nitrogens with zero attached hydrogens (tertiary/aromatic N) is 3. The van der Waals surface area contributed by atoms with Gasteiger partial charge in [-0.05, 0) is 31.2 Å². The lowest BCUT2D eigenvalue weighted by atomic mass is 9.99. The number of hydrogen-bond donors (Lipinski definition) is 2. The largest absolute Gasteiger partial charge is 0.485 e. The van der Waals surface area contributed by atoms with Gasteiger partial charge in [-0.3, -0.25) is 4.79 Å². The Kier molecular flexibility index (Phi) is 7.44. The Balaban J connectivity index is 1.58. The van der Waals surface area contributed by atoms with Crippen LogP contribution in [0.3, 0.4) is 0 Å². The van der Waals surface area contributed by atoms with Crippen LogP contribution in [0, 0.1) is 5.92 Å². The van der Waals surface area contributed by atoms with Crippen molar-refractivity contribution in [3.8, 4) is 17.2 Å². The number of hydrogen-bond acceptors (Lipinski definition) is 7. The highest BCUT2D eigenvalue weighted by Crippen LogP contribution is 2.36. The fraction of sp³-hybridized carbons (Fsp3) is 0.462. The van der Waals surface area contributed by atoms with Crippen LogP contribution in [0.1, 0.15) is 24.2 Å². The Bertz CT molecular complexity index is 1120. The summed E-state index contributed by atoms with van der Waals surface area (Å²) in [7, 11) is 5.48. The van der Waals surface area contributed by atoms with Gasteiger partial charge in [0.1, 0.15) is 6.10 Å². The van der Waals surface area contributed by atoms with Gasteiger partial charge in [0.15, 0.2) is 17.2 Å². The molecule has 36 heavy (non-hydrogen) atoms. The average molecular weight is 499 g/mol. The first kappa shape index (κ1) is 25.4. The number of amides is 3. The molecule has 0 bridgehead atoms. The summed E-state index contributed by atoms with van der Waals surface area (Å²) in [6, 6.07) is 10.0. The number of likely N-dealkylation sites (N-methyl/N-ethyl adjacent to an activating group) is 1. The number of para-hydroxylation sites is 1. The molecular weight excluding hydrogens is 464 g/mol. The Labute approximate surface area is 211 Å². The van der Waals surface area contributed by atoms with E-state index in [2.05, 4.69) is 5.32 Å². The van der Waals surface area contributed by atoms with Crippen LogP contribution in [-0.4, -0.2) is 86.6 Å². The molecule has 10 nitrogen and oxygen atoms in total. The topological polar surface area (TPSA) is 104 Å². The molecule has 3 atom stereocenters. The normalized spacial score (nSPS) is 19.5. The minimum Gasteiger partial charge on any atom is -0.485 e. The molecule has 194 valence electrons. The van der Waals surface area contributed by atoms with E-state index < -0.39 is 6.10 Å². The lowest BCUT2D eigenvalue weighted by molar-refractivity contribution is 0.0372. The standard InChI is InChI=1S/C26H34N4O6/c1-16-12-30(17(2)14-31)25(32)19-7-6-8-20(28(3)4)24(19)36-23(16)13-29(5)26(33)27-18-9-10-21-22(11-18)35-15-34-21/h6-11,16-17,23,31H,12-15H2,1-5H3,(H,27,33)/t16-,17+,23+/m0/s1. The van der Waals surface area contributed by atoms with Crippen molar-refractivity contribution in [3.63, 3.8) is 0 Å². The van der Waals surface area contributed by atoms with Crippen LogP contribution >= 0.6 is 0 Å². The molecule has 0 aliphatic carbocycles. The maximum atomic E-state index is 13.5. The summed E-state index contributed by atoms with van der Waals surface area (Å²) in [5.74, 6) is 1.40. The fourth-order valence-corrected chi connectivity index (χ4v) is 4.34. The third kappa shape index (κ3) is 5.13. The zero-order valence-electron chi connectivity index (χ0n) is 21.4. The highest BCUT2D eigenvalue weighted by Gasteiger charge is 2.35. The average Bonchev–Trinajstić information content (AvgIpc) is 3.33. The highest BCUT2D eigenvalue weighted by molar-refractivity contribution is 5.99. The maximum Gasteiger partial charge on any atom is 0.321 e. The van der Waals surface area contributed by atoms with Gasteiger partial charge >= 0.3 is 6.03 Å². The quantitative estimate of drug-likeness (QED) is 0.631. The predicted octanol–water partition coefficient (Wildman–Crippen LogP) is 2.87. The van der Waals surface area contributed by atoms with Crippen LogP contribution in [0.2, 0.25) is 0 Å². The summed E-state index contributed by atoms with van der Waals surface area (Å²) in [6.45, 7) is 4.49. The second-order valence-corrected chi connectivity index (χ2v) is 9.55. The van der Waals surface area contributed by atoms with Gasteiger partial charge in [-0.25, -0.2) is 4.79 Å². The van der Waals surface area contributed by atoms with E-state index in [1.54, 1.807) is 41.1 Å². The van der Waals surface area contributed by atoms with E-state index in [4.69, 9.17) is 14.2 Å². The Morgan fingerprint density at radius 1 is 1.19 bits per heavy atom. The third-order valence-electron chi connectivity index (χ3n) is 6.58. The van der Waals surface area contributed by atoms with Gasteiger partial charge < -0.3 is 39.3 Å². The summed E-state index contributed by atoms with van der Waals surface area (Å²) < 4.78 is 17.2. The van der Waals surface area contributed by atoms with E-state index in [0.717, 1.165) is 5.69 Å². The maximum absolute atomic E-state index is 13.5. The van der Waals surface area contributed by atoms with E-state index in [1.165, 1.54) is 0 Å². The second-order valence-electron chi connectivity index (χ2n) is 9.55. The molecule has 0 spiro atoms. The van der Waals surface area contributed by atoms with Gasteiger partial charge in [0.25, 0.3) is 5.91 Å². The molecule has 0 saturated heterocycles. The first-order chi connectivity index (χ1) is 17.2. The van der Waals surface area contributed by atoms with Crippen LogP contribution in [-0.2, 0) is 0 Å². The molecule has 2 aromatic rings. The molecule has 2 aliphatic rings. The van der Waals surface area contributed by atoms with E-state index in [-0.39, 0.29) is 43.8 Å². The molecular formula is C26H34N4O6. The molecule has 0 saturated carbocycles. The highest BCUT2D eigenvalue weighted by atomic mass is 16.7. The summed E-state index contributed by atoms with van der Waals surface area (Å²) in [4.78, 5) is 31.6. The molecule has 2 heterocycles. The minimum atomic E-state index is -0.404. The molecule has 0 radical (unpaired) electrons. The van der Waals surface area contributed by atoms with E-state index >= 15 is 0 Å². The number of aliphatic hydroxyl groups excluding tert-OH is 1. The molecule has 0 fully saturated rings. The van der Waals surface area contributed by atoms with Crippen molar-refractivity contribution in [2.45, 2.75) is 26.0 Å². The van der Waals surface area contributed by atoms with E-state index in [1.807, 2.05) is 45.0 Å². The van der Waals surface area contributed by atoms with Gasteiger partial charge in [0, 0.05) is 45.4 Å². The van der Waals surface area contributed by atoms with Gasteiger partial charge in [-0.2, -0.15) is 0 Å². The van der Waals surface area contributed by atoms with Gasteiger partial charge in [0.2, 0.25) is 6.79 Å². The van der Waals surface area contributed by atoms with Crippen LogP contribution < -0.4 is 24.4 Å². The Morgan fingerprint density at radius 3 is 2.67 bits per heavy atom. The van der Waals surface area contributed by atoms with Gasteiger partial charge in [0.05, 0.1) is 30.4 Å². The van der Waals surface area contributed by atoms with Crippen molar-refractivity contribution in [3.05, 3.63) is 42.0 Å². The molecule has 0 unspecified atom stereocenters. The number of aliphatic hydroxyl groups is 1. The van der Waals surface area contributed by atoms with Crippen LogP contribution in [0.25, 0.3) is 0 Å². The summed E-state index contributed by atoms with van der Waals surface area (Å²) in [5, 5.41) is 12.7. The smallest absolute Gasteiger partial charge is 0.321 e. The second kappa shape index (κ2) is 10.5. The van der Waals surface area contributed by atoms with Crippen LogP contribution in [0.4, 0.5) is 16.2 Å². The zero-order chi connectivity index (χ0) is 26.0. The fourth-order valence-electron chi connectivity index (χ4n) is 4.34. The number of fused-ring (bicyclic) bond motifs is 2. The van der Waals surface area contributed by atoms with Gasteiger partial charge in [-0.1, -0.05) is 13.0 Å². The van der Waals surface area contributed by atoms with Crippen molar-refractivity contribution in [2.24, 2.45) is 5.92 Å². The number of rotatable bonds is 6. The first-order valence-electron chi connectivity index (χ1n) is 12.0. The molecule has 4 rings (SSSR count). The monoisotopic (exact) mass is 498 g/mol. The molecule has 0 aromatic heterocycles. The summed E-state index contributed by atoms with van der Waals surface area (Å²) in [5.41, 5.74) is 1.80. The molecule has 2 aromatic carbocycles. The predicted molar refractivity (Wildman–Crippen MR) is 136 cm³/mol. The van der Waals surface area contributed by atoms with E-state index in [9.17, 15) is 14.7 Å². The third-order valence-corrected chi connectivity index (χ3v) is 6.58. The van der Waals surface area contributed by atoms with Gasteiger partial charge in [-0.15, -0.1) is 0 Å². The number of anilines is 2. The zero-order valence-corrected chi connectivity index (χ0v) is 21.4. The van der Waals surface area contributed by atoms with Crippen molar-refractivity contribution >= 4 is 23.3 Å². The summed E-state index contributed by atoms with van der Waals surface area (Å²) in [6.07, 6.45) is -0.404. The SMILES string of the molecule is C[C@H](CO)N1C[C@H](C)[C@@H](CN(C)C(=O)Nc2ccc3c(c2)OCO3)Oc2c(cccc2N(C)C)C1=O. The lowest BCUT2D eigenvalue weighted by Gasteiger charge is -2.39. The lowest BCUT2D eigenvalue weighted by Crippen LogP contribution is -2.50. The number of carbonyl (C=O) groups is 2. The van der Waals surface area contributed by atoms with Crippen molar-refractivity contribution < 1.29 is 28.9 Å². The number of urea groups is 1.